The van der Waals surface area contributed by atoms with Gasteiger partial charge in [-0.3, -0.25) is 4.79 Å². The minimum absolute atomic E-state index is 0.0451. The van der Waals surface area contributed by atoms with Gasteiger partial charge in [-0.2, -0.15) is 0 Å². The first-order chi connectivity index (χ1) is 7.91. The van der Waals surface area contributed by atoms with Gasteiger partial charge in [-0.25, -0.2) is 4.79 Å². The fourth-order valence-electron chi connectivity index (χ4n) is 1.96. The number of hydrogen-bond donors (Lipinski definition) is 2. The zero-order valence-electron chi connectivity index (χ0n) is 10.8. The summed E-state index contributed by atoms with van der Waals surface area (Å²) < 4.78 is 0. The molecule has 0 saturated carbocycles. The summed E-state index contributed by atoms with van der Waals surface area (Å²) in [7, 11) is 0. The molecule has 2 unspecified atom stereocenters. The molecule has 0 aliphatic carbocycles. The number of nitrogens with zero attached hydrogens (tertiary/aromatic N) is 1. The normalized spacial score (nSPS) is 21.6. The highest BCUT2D eigenvalue weighted by atomic mass is 16.4. The highest BCUT2D eigenvalue weighted by Crippen LogP contribution is 2.20. The van der Waals surface area contributed by atoms with Crippen molar-refractivity contribution in [3.8, 4) is 0 Å². The van der Waals surface area contributed by atoms with Crippen LogP contribution in [0.2, 0.25) is 0 Å². The predicted molar refractivity (Wildman–Crippen MR) is 64.8 cm³/mol. The Morgan fingerprint density at radius 2 is 2.06 bits per heavy atom. The molecule has 2 N–H and O–H groups in total. The molecule has 0 aromatic rings. The molecule has 5 heteroatoms. The summed E-state index contributed by atoms with van der Waals surface area (Å²) in [6.07, 6.45) is 1.72. The topological polar surface area (TPSA) is 69.6 Å². The average Bonchev–Trinajstić information content (AvgIpc) is 2.64. The van der Waals surface area contributed by atoms with Crippen LogP contribution in [0.25, 0.3) is 0 Å². The number of amides is 2. The quantitative estimate of drug-likeness (QED) is 0.788. The Morgan fingerprint density at radius 3 is 2.59 bits per heavy atom. The number of urea groups is 1. The summed E-state index contributed by atoms with van der Waals surface area (Å²) in [6, 6.07) is -0.171. The van der Waals surface area contributed by atoms with Crippen LogP contribution in [-0.2, 0) is 4.79 Å². The summed E-state index contributed by atoms with van der Waals surface area (Å²) in [5, 5.41) is 11.7. The molecule has 0 spiro atoms. The second-order valence-electron chi connectivity index (χ2n) is 5.07. The number of aliphatic carboxylic acids is 1. The molecular formula is C12H22N2O3. The molecular weight excluding hydrogens is 220 g/mol. The SMILES string of the molecule is CC(C)C(C)NC(=O)N1CCCC1CC(=O)O. The number of nitrogens with one attached hydrogen (secondary N) is 1. The van der Waals surface area contributed by atoms with Crippen molar-refractivity contribution in [2.24, 2.45) is 5.92 Å². The van der Waals surface area contributed by atoms with Gasteiger partial charge in [-0.15, -0.1) is 0 Å². The molecule has 0 bridgehead atoms. The Labute approximate surface area is 102 Å². The van der Waals surface area contributed by atoms with Crippen molar-refractivity contribution in [3.05, 3.63) is 0 Å². The Hall–Kier alpha value is -1.26. The lowest BCUT2D eigenvalue weighted by atomic mass is 10.1. The second kappa shape index (κ2) is 5.89. The molecule has 0 aromatic carbocycles. The largest absolute Gasteiger partial charge is 0.481 e. The van der Waals surface area contributed by atoms with Gasteiger partial charge >= 0.3 is 12.0 Å². The van der Waals surface area contributed by atoms with Crippen molar-refractivity contribution in [2.75, 3.05) is 6.54 Å². The molecule has 1 aliphatic heterocycles. The maximum absolute atomic E-state index is 12.0. The molecule has 1 saturated heterocycles. The van der Waals surface area contributed by atoms with Crippen molar-refractivity contribution < 1.29 is 14.7 Å². The van der Waals surface area contributed by atoms with Gasteiger partial charge < -0.3 is 15.3 Å². The fourth-order valence-corrected chi connectivity index (χ4v) is 1.96. The van der Waals surface area contributed by atoms with E-state index in [2.05, 4.69) is 5.32 Å². The van der Waals surface area contributed by atoms with E-state index < -0.39 is 5.97 Å². The monoisotopic (exact) mass is 242 g/mol. The predicted octanol–water partition coefficient (Wildman–Crippen LogP) is 1.68. The maximum Gasteiger partial charge on any atom is 0.317 e. The fraction of sp³-hybridized carbons (Fsp3) is 0.833. The van der Waals surface area contributed by atoms with Crippen LogP contribution >= 0.6 is 0 Å². The van der Waals surface area contributed by atoms with Crippen molar-refractivity contribution in [3.63, 3.8) is 0 Å². The smallest absolute Gasteiger partial charge is 0.317 e. The molecule has 17 heavy (non-hydrogen) atoms. The van der Waals surface area contributed by atoms with Gasteiger partial charge in [-0.1, -0.05) is 13.8 Å². The lowest BCUT2D eigenvalue weighted by Gasteiger charge is -2.27. The molecule has 5 nitrogen and oxygen atoms in total. The molecule has 0 radical (unpaired) electrons. The van der Waals surface area contributed by atoms with Gasteiger partial charge in [0.1, 0.15) is 0 Å². The van der Waals surface area contributed by atoms with Crippen molar-refractivity contribution in [2.45, 2.75) is 52.1 Å². The van der Waals surface area contributed by atoms with E-state index in [4.69, 9.17) is 5.11 Å². The van der Waals surface area contributed by atoms with Crippen LogP contribution in [0.5, 0.6) is 0 Å². The van der Waals surface area contributed by atoms with E-state index in [-0.39, 0.29) is 24.5 Å². The summed E-state index contributed by atoms with van der Waals surface area (Å²) >= 11 is 0. The molecule has 1 heterocycles. The van der Waals surface area contributed by atoms with E-state index in [0.717, 1.165) is 12.8 Å². The first-order valence-electron chi connectivity index (χ1n) is 6.20. The number of carbonyl (C=O) groups excluding carboxylic acids is 1. The minimum Gasteiger partial charge on any atom is -0.481 e. The average molecular weight is 242 g/mol. The first kappa shape index (κ1) is 13.8. The zero-order valence-corrected chi connectivity index (χ0v) is 10.8. The third kappa shape index (κ3) is 3.91. The zero-order chi connectivity index (χ0) is 13.0. The van der Waals surface area contributed by atoms with E-state index in [1.807, 2.05) is 20.8 Å². The number of hydrogen-bond acceptors (Lipinski definition) is 2. The van der Waals surface area contributed by atoms with Crippen molar-refractivity contribution >= 4 is 12.0 Å². The summed E-state index contributed by atoms with van der Waals surface area (Å²) in [4.78, 5) is 24.3. The number of carboxylic acid groups (broad SMARTS) is 1. The molecule has 1 fully saturated rings. The number of rotatable bonds is 4. The highest BCUT2D eigenvalue weighted by Gasteiger charge is 2.30. The van der Waals surface area contributed by atoms with Gasteiger partial charge in [0.2, 0.25) is 0 Å². The maximum atomic E-state index is 12.0. The lowest BCUT2D eigenvalue weighted by molar-refractivity contribution is -0.137. The minimum atomic E-state index is -0.841. The van der Waals surface area contributed by atoms with Crippen LogP contribution in [-0.4, -0.2) is 40.6 Å². The van der Waals surface area contributed by atoms with E-state index in [1.165, 1.54) is 0 Å². The molecule has 0 aromatic heterocycles. The third-order valence-electron chi connectivity index (χ3n) is 3.40. The number of carboxylic acids is 1. The van der Waals surface area contributed by atoms with E-state index in [9.17, 15) is 9.59 Å². The van der Waals surface area contributed by atoms with Crippen LogP contribution in [0.1, 0.15) is 40.0 Å². The Bertz CT molecular complexity index is 291. The van der Waals surface area contributed by atoms with Crippen LogP contribution in [0.4, 0.5) is 4.79 Å². The summed E-state index contributed by atoms with van der Waals surface area (Å²) in [5.74, 6) is -0.467. The second-order valence-corrected chi connectivity index (χ2v) is 5.07. The molecule has 1 rings (SSSR count). The summed E-state index contributed by atoms with van der Waals surface area (Å²) in [5.41, 5.74) is 0. The van der Waals surface area contributed by atoms with Gasteiger partial charge in [0.05, 0.1) is 6.42 Å². The standard InChI is InChI=1S/C12H22N2O3/c1-8(2)9(3)13-12(17)14-6-4-5-10(14)7-11(15)16/h8-10H,4-7H2,1-3H3,(H,13,17)(H,15,16). The van der Waals surface area contributed by atoms with E-state index >= 15 is 0 Å². The highest BCUT2D eigenvalue weighted by molar-refractivity contribution is 5.76. The first-order valence-corrected chi connectivity index (χ1v) is 6.20. The van der Waals surface area contributed by atoms with Gasteiger partial charge in [0, 0.05) is 18.6 Å². The third-order valence-corrected chi connectivity index (χ3v) is 3.40. The Balaban J connectivity index is 2.52. The Morgan fingerprint density at radius 1 is 1.41 bits per heavy atom. The van der Waals surface area contributed by atoms with Gasteiger partial charge in [0.25, 0.3) is 0 Å². The molecule has 2 atom stereocenters. The molecule has 1 aliphatic rings. The summed E-state index contributed by atoms with van der Waals surface area (Å²) in [6.45, 7) is 6.72. The molecule has 98 valence electrons. The van der Waals surface area contributed by atoms with E-state index in [0.29, 0.717) is 12.5 Å². The number of likely N-dealkylation sites (tertiary alicyclic amines) is 1. The van der Waals surface area contributed by atoms with Crippen LogP contribution in [0.15, 0.2) is 0 Å². The van der Waals surface area contributed by atoms with Crippen molar-refractivity contribution in [1.29, 1.82) is 0 Å². The van der Waals surface area contributed by atoms with E-state index in [1.54, 1.807) is 4.90 Å². The molecule has 2 amide bonds. The lowest BCUT2D eigenvalue weighted by Crippen LogP contribution is -2.47. The van der Waals surface area contributed by atoms with Gasteiger partial charge in [0.15, 0.2) is 0 Å². The Kier molecular flexibility index (Phi) is 4.78. The van der Waals surface area contributed by atoms with Crippen molar-refractivity contribution in [1.82, 2.24) is 10.2 Å². The van der Waals surface area contributed by atoms with Gasteiger partial charge in [-0.05, 0) is 25.7 Å². The van der Waals surface area contributed by atoms with Crippen LogP contribution in [0.3, 0.4) is 0 Å². The number of carbonyl (C=O) groups is 2. The van der Waals surface area contributed by atoms with Crippen LogP contribution < -0.4 is 5.32 Å². The van der Waals surface area contributed by atoms with Crippen LogP contribution in [0, 0.1) is 5.92 Å².